The number of fused-ring (bicyclic) bond motifs is 1. The van der Waals surface area contributed by atoms with Crippen molar-refractivity contribution in [1.29, 1.82) is 0 Å². The number of hydrogen-bond donors (Lipinski definition) is 0. The molecule has 1 aliphatic carbocycles. The van der Waals surface area contributed by atoms with E-state index in [0.29, 0.717) is 23.1 Å². The van der Waals surface area contributed by atoms with Gasteiger partial charge in [0.25, 0.3) is 0 Å². The molecule has 0 bridgehead atoms. The number of allylic oxidation sites excluding steroid dienone is 1. The summed E-state index contributed by atoms with van der Waals surface area (Å²) in [4.78, 5) is 12.3. The van der Waals surface area contributed by atoms with Gasteiger partial charge in [0, 0.05) is 17.6 Å². The number of rotatable bonds is 4. The molecule has 0 fully saturated rings. The summed E-state index contributed by atoms with van der Waals surface area (Å²) in [5.41, 5.74) is 3.06. The molecule has 0 radical (unpaired) electrons. The van der Waals surface area contributed by atoms with Crippen LogP contribution in [0.2, 0.25) is 0 Å². The van der Waals surface area contributed by atoms with Crippen LogP contribution >= 0.6 is 0 Å². The van der Waals surface area contributed by atoms with E-state index in [1.807, 2.05) is 18.2 Å². The molecule has 0 heterocycles. The summed E-state index contributed by atoms with van der Waals surface area (Å²) in [5.74, 6) is 0.153. The Morgan fingerprint density at radius 3 is 2.61 bits per heavy atom. The van der Waals surface area contributed by atoms with E-state index in [2.05, 4.69) is 4.74 Å². The summed E-state index contributed by atoms with van der Waals surface area (Å²) < 4.78 is 34.1. The third-order valence-electron chi connectivity index (χ3n) is 3.68. The van der Waals surface area contributed by atoms with Crippen molar-refractivity contribution in [2.24, 2.45) is 0 Å². The first-order valence-electron chi connectivity index (χ1n) is 7.04. The average molecular weight is 316 g/mol. The van der Waals surface area contributed by atoms with Gasteiger partial charge in [0.05, 0.1) is 7.11 Å². The molecular weight excluding hydrogens is 302 g/mol. The first-order chi connectivity index (χ1) is 11.1. The molecule has 0 aliphatic heterocycles. The van der Waals surface area contributed by atoms with E-state index in [1.54, 1.807) is 24.3 Å². The Morgan fingerprint density at radius 1 is 1.13 bits per heavy atom. The fourth-order valence-electron chi connectivity index (χ4n) is 2.64. The van der Waals surface area contributed by atoms with Crippen molar-refractivity contribution < 1.29 is 23.0 Å². The van der Waals surface area contributed by atoms with Crippen LogP contribution < -0.4 is 9.47 Å². The van der Waals surface area contributed by atoms with Crippen LogP contribution in [0.3, 0.4) is 0 Å². The topological polar surface area (TPSA) is 35.5 Å². The van der Waals surface area contributed by atoms with Gasteiger partial charge in [0.1, 0.15) is 0 Å². The van der Waals surface area contributed by atoms with Crippen molar-refractivity contribution in [2.75, 3.05) is 7.11 Å². The largest absolute Gasteiger partial charge is 0.493 e. The lowest BCUT2D eigenvalue weighted by Crippen LogP contribution is -2.03. The Morgan fingerprint density at radius 2 is 1.91 bits per heavy atom. The highest BCUT2D eigenvalue weighted by Gasteiger charge is 2.24. The number of ether oxygens (including phenoxy) is 2. The second-order valence-electron chi connectivity index (χ2n) is 5.12. The summed E-state index contributed by atoms with van der Waals surface area (Å²) in [7, 11) is 1.38. The van der Waals surface area contributed by atoms with Crippen LogP contribution in [-0.4, -0.2) is 19.5 Å². The first-order valence-corrected chi connectivity index (χ1v) is 7.04. The predicted octanol–water partition coefficient (Wildman–Crippen LogP) is 4.12. The number of Topliss-reactive ketones (excluding diaryl/α,β-unsaturated/α-hetero) is 1. The minimum Gasteiger partial charge on any atom is -0.493 e. The molecule has 0 aromatic heterocycles. The molecule has 0 saturated carbocycles. The molecule has 1 aliphatic rings. The van der Waals surface area contributed by atoms with Gasteiger partial charge in [-0.25, -0.2) is 0 Å². The number of ketones is 1. The lowest BCUT2D eigenvalue weighted by Gasteiger charge is -2.10. The average Bonchev–Trinajstić information content (AvgIpc) is 2.85. The molecule has 0 unspecified atom stereocenters. The maximum atomic E-state index is 12.3. The van der Waals surface area contributed by atoms with Crippen LogP contribution in [0.25, 0.3) is 6.08 Å². The third kappa shape index (κ3) is 3.08. The fourth-order valence-corrected chi connectivity index (χ4v) is 2.64. The second-order valence-corrected chi connectivity index (χ2v) is 5.12. The molecule has 23 heavy (non-hydrogen) atoms. The Labute approximate surface area is 132 Å². The summed E-state index contributed by atoms with van der Waals surface area (Å²) in [6.07, 6.45) is 2.31. The Kier molecular flexibility index (Phi) is 4.10. The van der Waals surface area contributed by atoms with E-state index in [9.17, 15) is 13.6 Å². The van der Waals surface area contributed by atoms with E-state index in [-0.39, 0.29) is 17.3 Å². The highest BCUT2D eigenvalue weighted by molar-refractivity contribution is 6.15. The van der Waals surface area contributed by atoms with Gasteiger partial charge < -0.3 is 9.47 Å². The van der Waals surface area contributed by atoms with Crippen LogP contribution in [0.15, 0.2) is 48.0 Å². The van der Waals surface area contributed by atoms with Crippen molar-refractivity contribution in [3.8, 4) is 11.5 Å². The van der Waals surface area contributed by atoms with Crippen molar-refractivity contribution >= 4 is 11.9 Å². The quantitative estimate of drug-likeness (QED) is 0.796. The molecular formula is C18H14F2O3. The van der Waals surface area contributed by atoms with Crippen LogP contribution in [0, 0.1) is 0 Å². The van der Waals surface area contributed by atoms with Crippen LogP contribution in [-0.2, 0) is 6.42 Å². The third-order valence-corrected chi connectivity index (χ3v) is 3.68. The molecule has 0 saturated heterocycles. The van der Waals surface area contributed by atoms with Gasteiger partial charge in [-0.1, -0.05) is 30.3 Å². The maximum Gasteiger partial charge on any atom is 0.387 e. The first kappa shape index (κ1) is 15.2. The van der Waals surface area contributed by atoms with E-state index in [4.69, 9.17) is 4.74 Å². The highest BCUT2D eigenvalue weighted by atomic mass is 19.3. The number of methoxy groups -OCH3 is 1. The number of carbonyl (C=O) groups is 1. The summed E-state index contributed by atoms with van der Waals surface area (Å²) in [6, 6.07) is 12.1. The van der Waals surface area contributed by atoms with E-state index in [1.165, 1.54) is 13.2 Å². The number of halogens is 2. The number of alkyl halides is 2. The molecule has 3 nitrogen and oxygen atoms in total. The zero-order chi connectivity index (χ0) is 16.4. The molecule has 0 atom stereocenters. The molecule has 0 N–H and O–H groups in total. The molecule has 2 aromatic rings. The summed E-state index contributed by atoms with van der Waals surface area (Å²) in [5, 5.41) is 0. The molecule has 2 aromatic carbocycles. The van der Waals surface area contributed by atoms with Gasteiger partial charge in [-0.3, -0.25) is 4.79 Å². The maximum absolute atomic E-state index is 12.3. The Bertz CT molecular complexity index is 782. The van der Waals surface area contributed by atoms with Crippen LogP contribution in [0.1, 0.15) is 21.5 Å². The van der Waals surface area contributed by atoms with Crippen LogP contribution in [0.4, 0.5) is 8.78 Å². The summed E-state index contributed by atoms with van der Waals surface area (Å²) in [6.45, 7) is -2.92. The van der Waals surface area contributed by atoms with Crippen molar-refractivity contribution in [3.05, 3.63) is 64.7 Å². The second kappa shape index (κ2) is 6.20. The van der Waals surface area contributed by atoms with E-state index in [0.717, 1.165) is 5.56 Å². The standard InChI is InChI=1S/C18H14F2O3/c1-22-16-9-11(6-7-15(16)23-18(19)20)8-13-10-12-4-2-3-5-14(12)17(13)21/h2-9,18H,10H2,1H3/b13-8-. The van der Waals surface area contributed by atoms with Gasteiger partial charge in [-0.15, -0.1) is 0 Å². The number of carbonyl (C=O) groups excluding carboxylic acids is 1. The molecule has 3 rings (SSSR count). The smallest absolute Gasteiger partial charge is 0.387 e. The van der Waals surface area contributed by atoms with Gasteiger partial charge in [-0.2, -0.15) is 8.78 Å². The van der Waals surface area contributed by atoms with Gasteiger partial charge >= 0.3 is 6.61 Å². The van der Waals surface area contributed by atoms with Crippen molar-refractivity contribution in [3.63, 3.8) is 0 Å². The summed E-state index contributed by atoms with van der Waals surface area (Å²) >= 11 is 0. The van der Waals surface area contributed by atoms with Gasteiger partial charge in [0.15, 0.2) is 17.3 Å². The lowest BCUT2D eigenvalue weighted by molar-refractivity contribution is -0.0512. The highest BCUT2D eigenvalue weighted by Crippen LogP contribution is 2.32. The zero-order valence-corrected chi connectivity index (χ0v) is 12.4. The van der Waals surface area contributed by atoms with E-state index >= 15 is 0 Å². The SMILES string of the molecule is COc1cc(/C=C2/Cc3ccccc3C2=O)ccc1OC(F)F. The monoisotopic (exact) mass is 316 g/mol. The van der Waals surface area contributed by atoms with Gasteiger partial charge in [0.2, 0.25) is 0 Å². The molecule has 0 amide bonds. The molecule has 0 spiro atoms. The Hall–Kier alpha value is -2.69. The van der Waals surface area contributed by atoms with E-state index < -0.39 is 6.61 Å². The number of benzene rings is 2. The fraction of sp³-hybridized carbons (Fsp3) is 0.167. The van der Waals surface area contributed by atoms with Gasteiger partial charge in [-0.05, 0) is 29.3 Å². The van der Waals surface area contributed by atoms with Crippen molar-refractivity contribution in [2.45, 2.75) is 13.0 Å². The molecule has 118 valence electrons. The Balaban J connectivity index is 1.90. The lowest BCUT2D eigenvalue weighted by atomic mass is 10.1. The number of hydrogen-bond acceptors (Lipinski definition) is 3. The minimum atomic E-state index is -2.92. The zero-order valence-electron chi connectivity index (χ0n) is 12.4. The van der Waals surface area contributed by atoms with Crippen molar-refractivity contribution in [1.82, 2.24) is 0 Å². The van der Waals surface area contributed by atoms with Crippen LogP contribution in [0.5, 0.6) is 11.5 Å². The minimum absolute atomic E-state index is 0.00697. The normalized spacial score (nSPS) is 15.1. The predicted molar refractivity (Wildman–Crippen MR) is 82.1 cm³/mol. The molecule has 5 heteroatoms.